The van der Waals surface area contributed by atoms with Crippen molar-refractivity contribution < 1.29 is 4.79 Å². The fourth-order valence-corrected chi connectivity index (χ4v) is 2.24. The molecule has 1 aliphatic carbocycles. The predicted octanol–water partition coefficient (Wildman–Crippen LogP) is 1.50. The monoisotopic (exact) mass is 275 g/mol. The maximum Gasteiger partial charge on any atom is 0.237 e. The van der Waals surface area contributed by atoms with Crippen LogP contribution in [0.4, 0.5) is 0 Å². The molecule has 0 radical (unpaired) electrons. The van der Waals surface area contributed by atoms with Crippen molar-refractivity contribution in [3.63, 3.8) is 0 Å². The molecule has 4 heteroatoms. The van der Waals surface area contributed by atoms with Crippen LogP contribution in [-0.4, -0.2) is 36.0 Å². The zero-order chi connectivity index (χ0) is 14.4. The summed E-state index contributed by atoms with van der Waals surface area (Å²) in [7, 11) is 0. The van der Waals surface area contributed by atoms with Crippen LogP contribution in [0.1, 0.15) is 31.7 Å². The molecule has 1 unspecified atom stereocenters. The second-order valence-electron chi connectivity index (χ2n) is 5.56. The maximum absolute atomic E-state index is 12.2. The highest BCUT2D eigenvalue weighted by Crippen LogP contribution is 2.19. The molecule has 1 aromatic rings. The molecule has 0 bridgehead atoms. The van der Waals surface area contributed by atoms with E-state index in [4.69, 9.17) is 5.73 Å². The van der Waals surface area contributed by atoms with Crippen LogP contribution < -0.4 is 11.1 Å². The van der Waals surface area contributed by atoms with E-state index < -0.39 is 0 Å². The molecule has 0 aromatic heterocycles. The predicted molar refractivity (Wildman–Crippen MR) is 81.2 cm³/mol. The van der Waals surface area contributed by atoms with E-state index in [0.29, 0.717) is 12.6 Å². The Balaban J connectivity index is 1.95. The first-order valence-corrected chi connectivity index (χ1v) is 7.49. The van der Waals surface area contributed by atoms with Gasteiger partial charge in [-0.2, -0.15) is 0 Å². The number of hydrogen-bond donors (Lipinski definition) is 2. The average Bonchev–Trinajstić information content (AvgIpc) is 3.27. The lowest BCUT2D eigenvalue weighted by molar-refractivity contribution is -0.126. The fourth-order valence-electron chi connectivity index (χ4n) is 2.24. The standard InChI is InChI=1S/C16H25N3O/c1-13(16(20)18-15-8-9-15)19(11-5-10-17)12-14-6-3-2-4-7-14/h2-4,6-7,13,15H,5,8-12,17H2,1H3,(H,18,20). The van der Waals surface area contributed by atoms with Crippen molar-refractivity contribution in [3.8, 4) is 0 Å². The zero-order valence-electron chi connectivity index (χ0n) is 12.2. The van der Waals surface area contributed by atoms with Crippen LogP contribution in [0.25, 0.3) is 0 Å². The fraction of sp³-hybridized carbons (Fsp3) is 0.562. The average molecular weight is 275 g/mol. The van der Waals surface area contributed by atoms with Gasteiger partial charge in [-0.1, -0.05) is 30.3 Å². The van der Waals surface area contributed by atoms with Gasteiger partial charge in [-0.25, -0.2) is 0 Å². The van der Waals surface area contributed by atoms with Crippen molar-refractivity contribution in [2.45, 2.75) is 44.8 Å². The first-order valence-electron chi connectivity index (χ1n) is 7.49. The molecule has 0 spiro atoms. The molecular formula is C16H25N3O. The first kappa shape index (κ1) is 15.0. The lowest BCUT2D eigenvalue weighted by atomic mass is 10.1. The highest BCUT2D eigenvalue weighted by Gasteiger charge is 2.28. The minimum Gasteiger partial charge on any atom is -0.352 e. The van der Waals surface area contributed by atoms with Gasteiger partial charge >= 0.3 is 0 Å². The molecule has 1 fully saturated rings. The van der Waals surface area contributed by atoms with Crippen molar-refractivity contribution in [1.82, 2.24) is 10.2 Å². The van der Waals surface area contributed by atoms with Crippen LogP contribution in [0.5, 0.6) is 0 Å². The Kier molecular flexibility index (Phi) is 5.56. The number of benzene rings is 1. The van der Waals surface area contributed by atoms with E-state index in [2.05, 4.69) is 22.3 Å². The molecular weight excluding hydrogens is 250 g/mol. The number of nitrogens with one attached hydrogen (secondary N) is 1. The third-order valence-corrected chi connectivity index (χ3v) is 3.73. The molecule has 0 heterocycles. The zero-order valence-corrected chi connectivity index (χ0v) is 12.2. The third kappa shape index (κ3) is 4.62. The largest absolute Gasteiger partial charge is 0.352 e. The Morgan fingerprint density at radius 1 is 1.40 bits per heavy atom. The molecule has 2 rings (SSSR count). The van der Waals surface area contributed by atoms with Gasteiger partial charge in [-0.05, 0) is 38.3 Å². The van der Waals surface area contributed by atoms with Crippen molar-refractivity contribution in [3.05, 3.63) is 35.9 Å². The number of rotatable bonds is 8. The Hall–Kier alpha value is -1.39. The second kappa shape index (κ2) is 7.41. The van der Waals surface area contributed by atoms with Crippen molar-refractivity contribution in [1.29, 1.82) is 0 Å². The summed E-state index contributed by atoms with van der Waals surface area (Å²) in [6.45, 7) is 4.28. The summed E-state index contributed by atoms with van der Waals surface area (Å²) >= 11 is 0. The van der Waals surface area contributed by atoms with Gasteiger partial charge < -0.3 is 11.1 Å². The number of carbonyl (C=O) groups excluding carboxylic acids is 1. The van der Waals surface area contributed by atoms with Crippen molar-refractivity contribution in [2.75, 3.05) is 13.1 Å². The molecule has 1 atom stereocenters. The molecule has 1 amide bonds. The summed E-state index contributed by atoms with van der Waals surface area (Å²) in [5.41, 5.74) is 6.84. The van der Waals surface area contributed by atoms with Crippen LogP contribution in [-0.2, 0) is 11.3 Å². The minimum atomic E-state index is -0.109. The van der Waals surface area contributed by atoms with Gasteiger partial charge in [-0.15, -0.1) is 0 Å². The lowest BCUT2D eigenvalue weighted by Gasteiger charge is -2.28. The quantitative estimate of drug-likeness (QED) is 0.756. The summed E-state index contributed by atoms with van der Waals surface area (Å²) in [5.74, 6) is 0.139. The highest BCUT2D eigenvalue weighted by atomic mass is 16.2. The Bertz CT molecular complexity index is 417. The smallest absolute Gasteiger partial charge is 0.237 e. The van der Waals surface area contributed by atoms with E-state index >= 15 is 0 Å². The van der Waals surface area contributed by atoms with E-state index in [9.17, 15) is 4.79 Å². The first-order chi connectivity index (χ1) is 9.70. The molecule has 4 nitrogen and oxygen atoms in total. The minimum absolute atomic E-state index is 0.109. The van der Waals surface area contributed by atoms with Gasteiger partial charge in [0.25, 0.3) is 0 Å². The normalized spacial score (nSPS) is 16.1. The van der Waals surface area contributed by atoms with Crippen LogP contribution in [0.15, 0.2) is 30.3 Å². The van der Waals surface area contributed by atoms with Gasteiger partial charge in [0.15, 0.2) is 0 Å². The van der Waals surface area contributed by atoms with Crippen molar-refractivity contribution >= 4 is 5.91 Å². The van der Waals surface area contributed by atoms with Gasteiger partial charge in [-0.3, -0.25) is 9.69 Å². The van der Waals surface area contributed by atoms with E-state index in [0.717, 1.165) is 32.4 Å². The number of carbonyl (C=O) groups is 1. The molecule has 1 saturated carbocycles. The number of hydrogen-bond acceptors (Lipinski definition) is 3. The molecule has 0 saturated heterocycles. The van der Waals surface area contributed by atoms with Crippen LogP contribution in [0.2, 0.25) is 0 Å². The summed E-state index contributed by atoms with van der Waals surface area (Å²) in [6.07, 6.45) is 3.16. The van der Waals surface area contributed by atoms with Crippen LogP contribution in [0.3, 0.4) is 0 Å². The molecule has 110 valence electrons. The molecule has 0 aliphatic heterocycles. The summed E-state index contributed by atoms with van der Waals surface area (Å²) < 4.78 is 0. The Morgan fingerprint density at radius 3 is 2.70 bits per heavy atom. The molecule has 1 aromatic carbocycles. The Morgan fingerprint density at radius 2 is 2.10 bits per heavy atom. The number of amides is 1. The van der Waals surface area contributed by atoms with Crippen LogP contribution in [0, 0.1) is 0 Å². The van der Waals surface area contributed by atoms with Gasteiger partial charge in [0.1, 0.15) is 0 Å². The van der Waals surface area contributed by atoms with Gasteiger partial charge in [0.2, 0.25) is 5.91 Å². The highest BCUT2D eigenvalue weighted by molar-refractivity contribution is 5.81. The topological polar surface area (TPSA) is 58.4 Å². The van der Waals surface area contributed by atoms with Gasteiger partial charge in [0, 0.05) is 19.1 Å². The van der Waals surface area contributed by atoms with E-state index in [-0.39, 0.29) is 11.9 Å². The summed E-state index contributed by atoms with van der Waals surface area (Å²) in [6, 6.07) is 10.6. The maximum atomic E-state index is 12.2. The number of nitrogens with zero attached hydrogens (tertiary/aromatic N) is 1. The van der Waals surface area contributed by atoms with E-state index in [1.54, 1.807) is 0 Å². The Labute approximate surface area is 121 Å². The number of nitrogens with two attached hydrogens (primary N) is 1. The molecule has 1 aliphatic rings. The summed E-state index contributed by atoms with van der Waals surface area (Å²) in [5, 5.41) is 3.08. The molecule has 20 heavy (non-hydrogen) atoms. The SMILES string of the molecule is CC(C(=O)NC1CC1)N(CCCN)Cc1ccccc1. The van der Waals surface area contributed by atoms with E-state index in [1.807, 2.05) is 25.1 Å². The van der Waals surface area contributed by atoms with Gasteiger partial charge in [0.05, 0.1) is 6.04 Å². The van der Waals surface area contributed by atoms with Crippen molar-refractivity contribution in [2.24, 2.45) is 5.73 Å². The third-order valence-electron chi connectivity index (χ3n) is 3.73. The van der Waals surface area contributed by atoms with E-state index in [1.165, 1.54) is 5.56 Å². The second-order valence-corrected chi connectivity index (χ2v) is 5.56. The van der Waals surface area contributed by atoms with Crippen LogP contribution >= 0.6 is 0 Å². The lowest BCUT2D eigenvalue weighted by Crippen LogP contribution is -2.46. The molecule has 3 N–H and O–H groups in total. The summed E-state index contributed by atoms with van der Waals surface area (Å²) in [4.78, 5) is 14.4.